The number of nitrogens with zero attached hydrogens (tertiary/aromatic N) is 2. The summed E-state index contributed by atoms with van der Waals surface area (Å²) in [4.78, 5) is 11.2. The van der Waals surface area contributed by atoms with E-state index in [4.69, 9.17) is 5.73 Å². The molecule has 0 aromatic carbocycles. The topological polar surface area (TPSA) is 70.1 Å². The average molecular weight is 197 g/mol. The summed E-state index contributed by atoms with van der Waals surface area (Å²) in [5, 5.41) is 4.07. The molecule has 0 saturated heterocycles. The van der Waals surface area contributed by atoms with Crippen LogP contribution in [0.5, 0.6) is 0 Å². The Labute approximate surface area is 82.8 Å². The highest BCUT2D eigenvalue weighted by Crippen LogP contribution is 2.22. The molecular weight excluding hydrogens is 182 g/mol. The van der Waals surface area contributed by atoms with Crippen LogP contribution in [-0.4, -0.2) is 23.0 Å². The molecule has 0 atom stereocenters. The van der Waals surface area contributed by atoms with Crippen LogP contribution >= 0.6 is 0 Å². The summed E-state index contributed by atoms with van der Waals surface area (Å²) >= 11 is 0. The van der Waals surface area contributed by atoms with Crippen LogP contribution < -0.4 is 5.73 Å². The van der Waals surface area contributed by atoms with Crippen molar-refractivity contribution in [1.82, 2.24) is 9.78 Å². The lowest BCUT2D eigenvalue weighted by Gasteiger charge is -2.13. The Morgan fingerprint density at radius 3 is 2.50 bits per heavy atom. The molecular formula is C9H15N3O2. The fourth-order valence-corrected chi connectivity index (χ4v) is 0.995. The maximum absolute atomic E-state index is 11.2. The van der Waals surface area contributed by atoms with Gasteiger partial charge in [0.05, 0.1) is 12.8 Å². The summed E-state index contributed by atoms with van der Waals surface area (Å²) in [7, 11) is 1.29. The molecule has 1 aromatic rings. The van der Waals surface area contributed by atoms with Crippen molar-refractivity contribution in [2.45, 2.75) is 26.2 Å². The molecule has 0 amide bonds. The Morgan fingerprint density at radius 2 is 2.14 bits per heavy atom. The highest BCUT2D eigenvalue weighted by Gasteiger charge is 2.21. The van der Waals surface area contributed by atoms with Gasteiger partial charge in [-0.2, -0.15) is 5.10 Å². The Hall–Kier alpha value is -1.52. The Morgan fingerprint density at radius 1 is 1.57 bits per heavy atom. The predicted octanol–water partition coefficient (Wildman–Crippen LogP) is 1.38. The van der Waals surface area contributed by atoms with E-state index in [2.05, 4.69) is 9.84 Å². The van der Waals surface area contributed by atoms with Crippen molar-refractivity contribution in [3.8, 4) is 0 Å². The molecule has 0 unspecified atom stereocenters. The van der Waals surface area contributed by atoms with E-state index in [1.54, 1.807) is 6.07 Å². The maximum atomic E-state index is 11.2. The van der Waals surface area contributed by atoms with Crippen molar-refractivity contribution in [2.24, 2.45) is 0 Å². The first-order valence-electron chi connectivity index (χ1n) is 4.30. The fourth-order valence-electron chi connectivity index (χ4n) is 0.995. The smallest absolute Gasteiger partial charge is 0.436 e. The van der Waals surface area contributed by atoms with Crippen molar-refractivity contribution < 1.29 is 9.53 Å². The van der Waals surface area contributed by atoms with Gasteiger partial charge in [-0.05, 0) is 0 Å². The number of rotatable bonds is 0. The lowest BCUT2D eigenvalue weighted by atomic mass is 9.92. The molecule has 0 spiro atoms. The first-order chi connectivity index (χ1) is 6.36. The van der Waals surface area contributed by atoms with Gasteiger partial charge in [0.2, 0.25) is 0 Å². The molecule has 0 aliphatic carbocycles. The summed E-state index contributed by atoms with van der Waals surface area (Å²) < 4.78 is 5.58. The molecule has 78 valence electrons. The number of hydrogen-bond donors (Lipinski definition) is 1. The van der Waals surface area contributed by atoms with Crippen LogP contribution in [0.25, 0.3) is 0 Å². The van der Waals surface area contributed by atoms with Gasteiger partial charge in [-0.3, -0.25) is 0 Å². The SMILES string of the molecule is COC(=O)n1nc(C(C)(C)C)cc1N. The van der Waals surface area contributed by atoms with E-state index < -0.39 is 6.09 Å². The molecule has 1 aromatic heterocycles. The number of methoxy groups -OCH3 is 1. The summed E-state index contributed by atoms with van der Waals surface area (Å²) in [5.41, 5.74) is 6.25. The quantitative estimate of drug-likeness (QED) is 0.682. The number of nitrogen functional groups attached to an aromatic ring is 1. The van der Waals surface area contributed by atoms with E-state index in [-0.39, 0.29) is 5.41 Å². The second kappa shape index (κ2) is 3.32. The Balaban J connectivity index is 3.12. The molecule has 14 heavy (non-hydrogen) atoms. The van der Waals surface area contributed by atoms with Gasteiger partial charge in [0.25, 0.3) is 0 Å². The molecule has 2 N–H and O–H groups in total. The third-order valence-corrected chi connectivity index (χ3v) is 1.85. The van der Waals surface area contributed by atoms with Gasteiger partial charge in [-0.15, -0.1) is 4.68 Å². The molecule has 1 rings (SSSR count). The second-order valence-electron chi connectivity index (χ2n) is 4.09. The van der Waals surface area contributed by atoms with Crippen molar-refractivity contribution in [3.63, 3.8) is 0 Å². The zero-order valence-electron chi connectivity index (χ0n) is 8.87. The molecule has 1 heterocycles. The molecule has 0 fully saturated rings. The van der Waals surface area contributed by atoms with Crippen LogP contribution in [0.15, 0.2) is 6.07 Å². The second-order valence-corrected chi connectivity index (χ2v) is 4.09. The number of nitrogens with two attached hydrogens (primary N) is 1. The van der Waals surface area contributed by atoms with E-state index in [1.807, 2.05) is 20.8 Å². The number of aromatic nitrogens is 2. The van der Waals surface area contributed by atoms with Crippen LogP contribution in [0.4, 0.5) is 10.6 Å². The number of ether oxygens (including phenoxy) is 1. The molecule has 5 heteroatoms. The third-order valence-electron chi connectivity index (χ3n) is 1.85. The van der Waals surface area contributed by atoms with Crippen molar-refractivity contribution in [3.05, 3.63) is 11.8 Å². The average Bonchev–Trinajstić information content (AvgIpc) is 2.45. The Bertz CT molecular complexity index is 349. The third kappa shape index (κ3) is 1.86. The number of carbonyl (C=O) groups excluding carboxylic acids is 1. The fraction of sp³-hybridized carbons (Fsp3) is 0.556. The van der Waals surface area contributed by atoms with Crippen LogP contribution in [-0.2, 0) is 10.2 Å². The lowest BCUT2D eigenvalue weighted by molar-refractivity contribution is 0.169. The summed E-state index contributed by atoms with van der Waals surface area (Å²) in [6.45, 7) is 5.99. The van der Waals surface area contributed by atoms with E-state index in [9.17, 15) is 4.79 Å². The minimum Gasteiger partial charge on any atom is -0.451 e. The van der Waals surface area contributed by atoms with Gasteiger partial charge in [0.15, 0.2) is 0 Å². The van der Waals surface area contributed by atoms with Crippen LogP contribution in [0.3, 0.4) is 0 Å². The van der Waals surface area contributed by atoms with Crippen LogP contribution in [0.2, 0.25) is 0 Å². The van der Waals surface area contributed by atoms with Gasteiger partial charge in [-0.1, -0.05) is 20.8 Å². The highest BCUT2D eigenvalue weighted by molar-refractivity contribution is 5.73. The normalized spacial score (nSPS) is 11.4. The molecule has 0 aliphatic rings. The summed E-state index contributed by atoms with van der Waals surface area (Å²) in [6, 6.07) is 1.68. The molecule has 0 bridgehead atoms. The van der Waals surface area contributed by atoms with Crippen LogP contribution in [0.1, 0.15) is 26.5 Å². The number of carbonyl (C=O) groups is 1. The minimum absolute atomic E-state index is 0.132. The van der Waals surface area contributed by atoms with Crippen LogP contribution in [0, 0.1) is 0 Å². The van der Waals surface area contributed by atoms with Crippen molar-refractivity contribution in [1.29, 1.82) is 0 Å². The van der Waals surface area contributed by atoms with Gasteiger partial charge in [0, 0.05) is 11.5 Å². The van der Waals surface area contributed by atoms with E-state index >= 15 is 0 Å². The molecule has 0 aliphatic heterocycles. The van der Waals surface area contributed by atoms with Gasteiger partial charge >= 0.3 is 6.09 Å². The minimum atomic E-state index is -0.571. The highest BCUT2D eigenvalue weighted by atomic mass is 16.5. The number of anilines is 1. The van der Waals surface area contributed by atoms with Crippen molar-refractivity contribution in [2.75, 3.05) is 12.8 Å². The molecule has 5 nitrogen and oxygen atoms in total. The van der Waals surface area contributed by atoms with Gasteiger partial charge < -0.3 is 10.5 Å². The molecule has 0 saturated carbocycles. The Kier molecular flexibility index (Phi) is 2.51. The lowest BCUT2D eigenvalue weighted by Crippen LogP contribution is -2.17. The zero-order chi connectivity index (χ0) is 10.9. The maximum Gasteiger partial charge on any atom is 0.436 e. The molecule has 0 radical (unpaired) electrons. The monoisotopic (exact) mass is 197 g/mol. The van der Waals surface area contributed by atoms with Crippen molar-refractivity contribution >= 4 is 11.9 Å². The summed E-state index contributed by atoms with van der Waals surface area (Å²) in [6.07, 6.45) is -0.571. The predicted molar refractivity (Wildman–Crippen MR) is 53.1 cm³/mol. The van der Waals surface area contributed by atoms with Gasteiger partial charge in [-0.25, -0.2) is 4.79 Å². The van der Waals surface area contributed by atoms with E-state index in [0.717, 1.165) is 10.4 Å². The number of hydrogen-bond acceptors (Lipinski definition) is 4. The largest absolute Gasteiger partial charge is 0.451 e. The zero-order valence-corrected chi connectivity index (χ0v) is 8.87. The first kappa shape index (κ1) is 10.6. The first-order valence-corrected chi connectivity index (χ1v) is 4.30. The van der Waals surface area contributed by atoms with E-state index in [0.29, 0.717) is 5.82 Å². The standard InChI is InChI=1S/C9H15N3O2/c1-9(2,3)6-5-7(10)12(11-6)8(13)14-4/h5H,10H2,1-4H3. The van der Waals surface area contributed by atoms with Gasteiger partial charge in [0.1, 0.15) is 5.82 Å². The summed E-state index contributed by atoms with van der Waals surface area (Å²) in [5.74, 6) is 0.293. The van der Waals surface area contributed by atoms with E-state index in [1.165, 1.54) is 7.11 Å².